The van der Waals surface area contributed by atoms with E-state index in [1.54, 1.807) is 6.20 Å². The summed E-state index contributed by atoms with van der Waals surface area (Å²) in [5.41, 5.74) is 5.90. The lowest BCUT2D eigenvalue weighted by Crippen LogP contribution is -2.43. The molecule has 0 bridgehead atoms. The third-order valence-corrected chi connectivity index (χ3v) is 7.94. The number of nitrogens with one attached hydrogen (secondary N) is 2. The van der Waals surface area contributed by atoms with E-state index in [-0.39, 0.29) is 23.1 Å². The molecule has 1 aromatic rings. The predicted octanol–water partition coefficient (Wildman–Crippen LogP) is 3.84. The van der Waals surface area contributed by atoms with Gasteiger partial charge in [-0.05, 0) is 56.3 Å². The lowest BCUT2D eigenvalue weighted by atomic mass is 9.73. The molecule has 3 aliphatic carbocycles. The first kappa shape index (κ1) is 21.3. The molecule has 5 N–H and O–H groups in total. The zero-order valence-electron chi connectivity index (χ0n) is 18.4. The average molecular weight is 416 g/mol. The van der Waals surface area contributed by atoms with Gasteiger partial charge in [-0.3, -0.25) is 4.79 Å². The van der Waals surface area contributed by atoms with Gasteiger partial charge in [0.25, 0.3) is 5.91 Å². The zero-order chi connectivity index (χ0) is 21.4. The smallest absolute Gasteiger partial charge is 0.254 e. The minimum atomic E-state index is -0.535. The van der Waals surface area contributed by atoms with E-state index in [0.717, 1.165) is 25.7 Å². The van der Waals surface area contributed by atoms with Gasteiger partial charge in [-0.15, -0.1) is 0 Å². The summed E-state index contributed by atoms with van der Waals surface area (Å²) in [6.45, 7) is 4.19. The molecule has 166 valence electrons. The number of hydrogen-bond donors (Lipinski definition) is 4. The lowest BCUT2D eigenvalue weighted by Gasteiger charge is -2.39. The number of carbonyl (C=O) groups excluding carboxylic acids is 1. The van der Waals surface area contributed by atoms with E-state index in [2.05, 4.69) is 29.5 Å². The predicted molar refractivity (Wildman–Crippen MR) is 118 cm³/mol. The number of primary amides is 1. The molecule has 3 fully saturated rings. The highest BCUT2D eigenvalue weighted by Crippen LogP contribution is 2.45. The lowest BCUT2D eigenvalue weighted by molar-refractivity contribution is 0.00912. The van der Waals surface area contributed by atoms with E-state index in [1.165, 1.54) is 38.5 Å². The van der Waals surface area contributed by atoms with Crippen LogP contribution in [0.2, 0.25) is 0 Å². The van der Waals surface area contributed by atoms with E-state index in [0.29, 0.717) is 29.7 Å². The van der Waals surface area contributed by atoms with Crippen LogP contribution in [0.5, 0.6) is 0 Å². The molecule has 1 aromatic heterocycles. The molecule has 1 amide bonds. The van der Waals surface area contributed by atoms with Crippen molar-refractivity contribution >= 4 is 17.7 Å². The van der Waals surface area contributed by atoms with E-state index in [4.69, 9.17) is 10.7 Å². The number of aliphatic hydroxyl groups excluding tert-OH is 1. The van der Waals surface area contributed by atoms with Crippen molar-refractivity contribution in [3.8, 4) is 0 Å². The third kappa shape index (κ3) is 4.27. The summed E-state index contributed by atoms with van der Waals surface area (Å²) in [5.74, 6) is 1.20. The summed E-state index contributed by atoms with van der Waals surface area (Å²) >= 11 is 0. The second-order valence-corrected chi connectivity index (χ2v) is 10.4. The van der Waals surface area contributed by atoms with E-state index in [1.807, 2.05) is 0 Å². The molecule has 0 spiro atoms. The van der Waals surface area contributed by atoms with Gasteiger partial charge in [-0.25, -0.2) is 4.98 Å². The number of hydrogen-bond acceptors (Lipinski definition) is 6. The fourth-order valence-corrected chi connectivity index (χ4v) is 5.82. The Kier molecular flexibility index (Phi) is 5.93. The van der Waals surface area contributed by atoms with Crippen LogP contribution in [-0.4, -0.2) is 38.7 Å². The fraction of sp³-hybridized carbons (Fsp3) is 0.783. The summed E-state index contributed by atoms with van der Waals surface area (Å²) in [4.78, 5) is 21.2. The van der Waals surface area contributed by atoms with Gasteiger partial charge in [0.1, 0.15) is 5.82 Å². The molecule has 7 heteroatoms. The third-order valence-electron chi connectivity index (χ3n) is 7.94. The Labute approximate surface area is 179 Å². The first-order valence-electron chi connectivity index (χ1n) is 11.7. The number of carbonyl (C=O) groups is 1. The summed E-state index contributed by atoms with van der Waals surface area (Å²) in [6, 6.07) is 0.0594. The van der Waals surface area contributed by atoms with Crippen LogP contribution in [0.25, 0.3) is 0 Å². The van der Waals surface area contributed by atoms with Gasteiger partial charge in [0.15, 0.2) is 0 Å². The normalized spacial score (nSPS) is 28.4. The molecule has 1 heterocycles. The Morgan fingerprint density at radius 1 is 1.13 bits per heavy atom. The molecule has 0 aliphatic heterocycles. The molecule has 7 nitrogen and oxygen atoms in total. The van der Waals surface area contributed by atoms with Crippen LogP contribution in [0, 0.1) is 11.3 Å². The highest BCUT2D eigenvalue weighted by molar-refractivity contribution is 5.97. The van der Waals surface area contributed by atoms with E-state index in [9.17, 15) is 9.90 Å². The minimum absolute atomic E-state index is 0.0594. The number of rotatable bonds is 6. The number of aliphatic hydroxyl groups is 1. The van der Waals surface area contributed by atoms with Crippen LogP contribution in [0.15, 0.2) is 6.20 Å². The van der Waals surface area contributed by atoms with Crippen molar-refractivity contribution < 1.29 is 9.90 Å². The van der Waals surface area contributed by atoms with Gasteiger partial charge in [-0.1, -0.05) is 39.5 Å². The number of aromatic nitrogens is 2. The van der Waals surface area contributed by atoms with Crippen molar-refractivity contribution in [3.05, 3.63) is 11.8 Å². The summed E-state index contributed by atoms with van der Waals surface area (Å²) in [5, 5.41) is 17.6. The van der Waals surface area contributed by atoms with Crippen molar-refractivity contribution in [2.45, 2.75) is 102 Å². The minimum Gasteiger partial charge on any atom is -0.392 e. The summed E-state index contributed by atoms with van der Waals surface area (Å²) < 4.78 is 0. The largest absolute Gasteiger partial charge is 0.392 e. The van der Waals surface area contributed by atoms with Crippen molar-refractivity contribution in [3.63, 3.8) is 0 Å². The maximum atomic E-state index is 12.0. The van der Waals surface area contributed by atoms with Gasteiger partial charge < -0.3 is 21.5 Å². The zero-order valence-corrected chi connectivity index (χ0v) is 18.4. The Hall–Kier alpha value is -1.89. The van der Waals surface area contributed by atoms with Gasteiger partial charge in [0, 0.05) is 17.8 Å². The van der Waals surface area contributed by atoms with Crippen molar-refractivity contribution in [2.24, 2.45) is 17.1 Å². The van der Waals surface area contributed by atoms with Gasteiger partial charge in [0.2, 0.25) is 5.95 Å². The second kappa shape index (κ2) is 8.33. The molecule has 0 radical (unpaired) electrons. The van der Waals surface area contributed by atoms with Gasteiger partial charge in [-0.2, -0.15) is 4.98 Å². The second-order valence-electron chi connectivity index (χ2n) is 10.4. The molecule has 3 aliphatic rings. The van der Waals surface area contributed by atoms with Crippen molar-refractivity contribution in [1.29, 1.82) is 0 Å². The molecule has 3 saturated carbocycles. The standard InChI is InChI=1S/C23H37N5O2/c1-22(2)12-9-16(13-18(22)29)26-20-17(19(24)30)14-25-21(27-20)28-23(10-5-6-11-23)15-7-3-4-8-15/h14-16,18,29H,3-13H2,1-2H3,(H2,24,30)(H2,25,26,27,28)/t16-,18-/m1/s1. The van der Waals surface area contributed by atoms with E-state index >= 15 is 0 Å². The molecular formula is C23H37N5O2. The average Bonchev–Trinajstić information content (AvgIpc) is 3.38. The fourth-order valence-electron chi connectivity index (χ4n) is 5.82. The van der Waals surface area contributed by atoms with Crippen LogP contribution in [0.1, 0.15) is 94.8 Å². The number of nitrogens with zero attached hydrogens (tertiary/aromatic N) is 2. The monoisotopic (exact) mass is 415 g/mol. The van der Waals surface area contributed by atoms with Crippen LogP contribution in [0.4, 0.5) is 11.8 Å². The Bertz CT molecular complexity index is 769. The molecular weight excluding hydrogens is 378 g/mol. The van der Waals surface area contributed by atoms with Crippen LogP contribution in [-0.2, 0) is 0 Å². The van der Waals surface area contributed by atoms with Crippen molar-refractivity contribution in [2.75, 3.05) is 10.6 Å². The van der Waals surface area contributed by atoms with Crippen molar-refractivity contribution in [1.82, 2.24) is 9.97 Å². The van der Waals surface area contributed by atoms with E-state index < -0.39 is 5.91 Å². The molecule has 0 saturated heterocycles. The Balaban J connectivity index is 1.55. The highest BCUT2D eigenvalue weighted by atomic mass is 16.3. The molecule has 2 atom stereocenters. The summed E-state index contributed by atoms with van der Waals surface area (Å²) in [6.07, 6.45) is 13.6. The number of anilines is 2. The SMILES string of the molecule is CC1(C)CC[C@@H](Nc2nc(NC3(C4CCCC4)CCCC3)ncc2C(N)=O)C[C@H]1O. The maximum Gasteiger partial charge on any atom is 0.254 e. The number of nitrogens with two attached hydrogens (primary N) is 1. The maximum absolute atomic E-state index is 12.0. The van der Waals surface area contributed by atoms with Crippen LogP contribution >= 0.6 is 0 Å². The molecule has 0 unspecified atom stereocenters. The van der Waals surface area contributed by atoms with Crippen LogP contribution in [0.3, 0.4) is 0 Å². The topological polar surface area (TPSA) is 113 Å². The molecule has 4 rings (SSSR count). The molecule has 0 aromatic carbocycles. The van der Waals surface area contributed by atoms with Gasteiger partial charge in [0.05, 0.1) is 11.7 Å². The van der Waals surface area contributed by atoms with Crippen LogP contribution < -0.4 is 16.4 Å². The van der Waals surface area contributed by atoms with Gasteiger partial charge >= 0.3 is 0 Å². The highest BCUT2D eigenvalue weighted by Gasteiger charge is 2.43. The Morgan fingerprint density at radius 3 is 2.47 bits per heavy atom. The Morgan fingerprint density at radius 2 is 1.83 bits per heavy atom. The first-order valence-corrected chi connectivity index (χ1v) is 11.7. The molecule has 30 heavy (non-hydrogen) atoms. The summed E-state index contributed by atoms with van der Waals surface area (Å²) in [7, 11) is 0. The quantitative estimate of drug-likeness (QED) is 0.561. The number of amides is 1. The first-order chi connectivity index (χ1) is 14.3.